The Morgan fingerprint density at radius 1 is 1.09 bits per heavy atom. The SMILES string of the molecule is COc1ccc(C2CCCN2C(=O)c2cccc(NS(=O)(=O)c3cccs3)c2)c(OC)c1. The van der Waals surface area contributed by atoms with E-state index in [4.69, 9.17) is 9.47 Å². The number of amides is 1. The van der Waals surface area contributed by atoms with Crippen molar-refractivity contribution >= 4 is 33.0 Å². The van der Waals surface area contributed by atoms with E-state index in [1.54, 1.807) is 56.0 Å². The second-order valence-corrected chi connectivity index (χ2v) is 10.2. The summed E-state index contributed by atoms with van der Waals surface area (Å²) in [4.78, 5) is 15.2. The van der Waals surface area contributed by atoms with Gasteiger partial charge in [0.2, 0.25) is 0 Å². The summed E-state index contributed by atoms with van der Waals surface area (Å²) >= 11 is 1.14. The molecular formula is C23H24N2O5S2. The minimum atomic E-state index is -3.69. The first-order valence-corrected chi connectivity index (χ1v) is 12.5. The molecule has 1 saturated heterocycles. The lowest BCUT2D eigenvalue weighted by Gasteiger charge is -2.27. The summed E-state index contributed by atoms with van der Waals surface area (Å²) in [6, 6.07) is 15.3. The van der Waals surface area contributed by atoms with Crippen LogP contribution in [0.4, 0.5) is 5.69 Å². The molecule has 9 heteroatoms. The molecule has 0 aliphatic carbocycles. The van der Waals surface area contributed by atoms with Gasteiger partial charge >= 0.3 is 0 Å². The van der Waals surface area contributed by atoms with E-state index in [-0.39, 0.29) is 16.2 Å². The van der Waals surface area contributed by atoms with E-state index >= 15 is 0 Å². The molecule has 1 aliphatic heterocycles. The molecule has 1 unspecified atom stereocenters. The number of carbonyl (C=O) groups is 1. The van der Waals surface area contributed by atoms with Gasteiger partial charge in [-0.1, -0.05) is 12.1 Å². The Balaban J connectivity index is 1.58. The first-order chi connectivity index (χ1) is 15.4. The van der Waals surface area contributed by atoms with Gasteiger partial charge in [0.15, 0.2) is 0 Å². The Morgan fingerprint density at radius 2 is 1.94 bits per heavy atom. The number of benzene rings is 2. The Hall–Kier alpha value is -3.04. The summed E-state index contributed by atoms with van der Waals surface area (Å²) in [6.07, 6.45) is 1.69. The number of methoxy groups -OCH3 is 2. The highest BCUT2D eigenvalue weighted by atomic mass is 32.2. The van der Waals surface area contributed by atoms with Gasteiger partial charge in [-0.3, -0.25) is 9.52 Å². The topological polar surface area (TPSA) is 84.9 Å². The zero-order valence-electron chi connectivity index (χ0n) is 17.8. The Labute approximate surface area is 191 Å². The summed E-state index contributed by atoms with van der Waals surface area (Å²) in [5.41, 5.74) is 1.70. The average Bonchev–Trinajstić information content (AvgIpc) is 3.50. The predicted octanol–water partition coefficient (Wildman–Crippen LogP) is 4.54. The highest BCUT2D eigenvalue weighted by Crippen LogP contribution is 2.39. The highest BCUT2D eigenvalue weighted by Gasteiger charge is 2.32. The summed E-state index contributed by atoms with van der Waals surface area (Å²) in [5, 5.41) is 1.70. The summed E-state index contributed by atoms with van der Waals surface area (Å²) < 4.78 is 38.7. The van der Waals surface area contributed by atoms with Crippen molar-refractivity contribution in [3.8, 4) is 11.5 Å². The van der Waals surface area contributed by atoms with Crippen molar-refractivity contribution < 1.29 is 22.7 Å². The number of hydrogen-bond acceptors (Lipinski definition) is 6. The third-order valence-corrected chi connectivity index (χ3v) is 8.21. The number of sulfonamides is 1. The zero-order chi connectivity index (χ0) is 22.7. The molecule has 32 heavy (non-hydrogen) atoms. The predicted molar refractivity (Wildman–Crippen MR) is 124 cm³/mol. The molecule has 0 spiro atoms. The zero-order valence-corrected chi connectivity index (χ0v) is 19.4. The van der Waals surface area contributed by atoms with Gasteiger partial charge in [-0.05, 0) is 54.6 Å². The normalized spacial score (nSPS) is 16.1. The van der Waals surface area contributed by atoms with E-state index < -0.39 is 10.0 Å². The number of thiophene rings is 1. The van der Waals surface area contributed by atoms with Crippen molar-refractivity contribution in [3.63, 3.8) is 0 Å². The molecule has 1 fully saturated rings. The fourth-order valence-corrected chi connectivity index (χ4v) is 5.97. The fraction of sp³-hybridized carbons (Fsp3) is 0.261. The molecule has 0 bridgehead atoms. The van der Waals surface area contributed by atoms with Crippen LogP contribution in [0.2, 0.25) is 0 Å². The van der Waals surface area contributed by atoms with Gasteiger partial charge in [0, 0.05) is 29.4 Å². The number of rotatable bonds is 7. The number of likely N-dealkylation sites (tertiary alicyclic amines) is 1. The van der Waals surface area contributed by atoms with Crippen LogP contribution in [0.25, 0.3) is 0 Å². The minimum Gasteiger partial charge on any atom is -0.497 e. The van der Waals surface area contributed by atoms with Gasteiger partial charge in [-0.2, -0.15) is 0 Å². The van der Waals surface area contributed by atoms with Gasteiger partial charge in [-0.25, -0.2) is 8.42 Å². The molecule has 1 aromatic heterocycles. The van der Waals surface area contributed by atoms with Crippen LogP contribution < -0.4 is 14.2 Å². The smallest absolute Gasteiger partial charge is 0.271 e. The molecular weight excluding hydrogens is 448 g/mol. The van der Waals surface area contributed by atoms with Crippen LogP contribution in [0.3, 0.4) is 0 Å². The van der Waals surface area contributed by atoms with Crippen LogP contribution in [-0.4, -0.2) is 40.0 Å². The Bertz CT molecular complexity index is 1210. The number of nitrogens with zero attached hydrogens (tertiary/aromatic N) is 1. The molecule has 0 saturated carbocycles. The lowest BCUT2D eigenvalue weighted by Crippen LogP contribution is -2.30. The van der Waals surface area contributed by atoms with Gasteiger partial charge in [0.25, 0.3) is 15.9 Å². The number of ether oxygens (including phenoxy) is 2. The second-order valence-electron chi connectivity index (χ2n) is 7.38. The third-order valence-electron chi connectivity index (χ3n) is 5.43. The molecule has 0 radical (unpaired) electrons. The fourth-order valence-electron chi connectivity index (χ4n) is 3.93. The van der Waals surface area contributed by atoms with Crippen molar-refractivity contribution in [1.29, 1.82) is 0 Å². The first-order valence-electron chi connectivity index (χ1n) is 10.1. The maximum absolute atomic E-state index is 13.4. The lowest BCUT2D eigenvalue weighted by molar-refractivity contribution is 0.0734. The van der Waals surface area contributed by atoms with Crippen LogP contribution in [0.1, 0.15) is 34.8 Å². The van der Waals surface area contributed by atoms with Crippen LogP contribution in [-0.2, 0) is 10.0 Å². The second kappa shape index (κ2) is 9.22. The highest BCUT2D eigenvalue weighted by molar-refractivity contribution is 7.94. The van der Waals surface area contributed by atoms with Crippen LogP contribution in [0.15, 0.2) is 64.2 Å². The molecule has 7 nitrogen and oxygen atoms in total. The molecule has 1 amide bonds. The molecule has 2 heterocycles. The number of hydrogen-bond donors (Lipinski definition) is 1. The van der Waals surface area contributed by atoms with E-state index in [0.29, 0.717) is 29.3 Å². The van der Waals surface area contributed by atoms with Crippen molar-refractivity contribution in [2.24, 2.45) is 0 Å². The van der Waals surface area contributed by atoms with Gasteiger partial charge in [-0.15, -0.1) is 11.3 Å². The van der Waals surface area contributed by atoms with Gasteiger partial charge < -0.3 is 14.4 Å². The summed E-state index contributed by atoms with van der Waals surface area (Å²) in [6.45, 7) is 0.615. The van der Waals surface area contributed by atoms with E-state index in [9.17, 15) is 13.2 Å². The van der Waals surface area contributed by atoms with Crippen molar-refractivity contribution in [2.75, 3.05) is 25.5 Å². The van der Waals surface area contributed by atoms with E-state index in [2.05, 4.69) is 4.72 Å². The van der Waals surface area contributed by atoms with Crippen LogP contribution in [0.5, 0.6) is 11.5 Å². The molecule has 4 rings (SSSR count). The number of carbonyl (C=O) groups excluding carboxylic acids is 1. The van der Waals surface area contributed by atoms with E-state index in [0.717, 1.165) is 29.7 Å². The number of anilines is 1. The van der Waals surface area contributed by atoms with E-state index in [1.165, 1.54) is 0 Å². The molecule has 3 aromatic rings. The lowest BCUT2D eigenvalue weighted by atomic mass is 10.0. The minimum absolute atomic E-state index is 0.130. The third kappa shape index (κ3) is 4.44. The Morgan fingerprint density at radius 3 is 2.66 bits per heavy atom. The number of nitrogens with one attached hydrogen (secondary N) is 1. The maximum Gasteiger partial charge on any atom is 0.271 e. The van der Waals surface area contributed by atoms with Crippen LogP contribution in [0, 0.1) is 0 Å². The van der Waals surface area contributed by atoms with Gasteiger partial charge in [0.05, 0.1) is 20.3 Å². The molecule has 1 N–H and O–H groups in total. The average molecular weight is 473 g/mol. The molecule has 1 atom stereocenters. The maximum atomic E-state index is 13.4. The van der Waals surface area contributed by atoms with Crippen molar-refractivity contribution in [3.05, 3.63) is 71.1 Å². The van der Waals surface area contributed by atoms with Crippen molar-refractivity contribution in [2.45, 2.75) is 23.1 Å². The van der Waals surface area contributed by atoms with E-state index in [1.807, 2.05) is 23.1 Å². The molecule has 2 aromatic carbocycles. The largest absolute Gasteiger partial charge is 0.497 e. The standard InChI is InChI=1S/C23H24N2O5S2/c1-29-18-10-11-19(21(15-18)30-2)20-8-4-12-25(20)23(26)16-6-3-7-17(14-16)24-32(27,28)22-9-5-13-31-22/h3,5-7,9-11,13-15,20,24H,4,8,12H2,1-2H3. The van der Waals surface area contributed by atoms with Crippen LogP contribution >= 0.6 is 11.3 Å². The quantitative estimate of drug-likeness (QED) is 0.546. The molecule has 1 aliphatic rings. The molecule has 168 valence electrons. The first kappa shape index (κ1) is 22.2. The summed E-state index contributed by atoms with van der Waals surface area (Å²) in [7, 11) is -0.489. The monoisotopic (exact) mass is 472 g/mol. The van der Waals surface area contributed by atoms with Crippen molar-refractivity contribution in [1.82, 2.24) is 4.90 Å². The Kier molecular flexibility index (Phi) is 6.38. The summed E-state index contributed by atoms with van der Waals surface area (Å²) in [5.74, 6) is 1.21. The van der Waals surface area contributed by atoms with Gasteiger partial charge in [0.1, 0.15) is 15.7 Å².